The average molecular weight is 303 g/mol. The molecule has 1 aromatic carbocycles. The van der Waals surface area contributed by atoms with Crippen molar-refractivity contribution in [2.75, 3.05) is 18.8 Å². The maximum absolute atomic E-state index is 13.1. The lowest BCUT2D eigenvalue weighted by atomic mass is 9.98. The first-order valence-corrected chi connectivity index (χ1v) is 7.87. The second-order valence-electron chi connectivity index (χ2n) is 4.95. The van der Waals surface area contributed by atoms with Crippen LogP contribution in [0, 0.1) is 11.7 Å². The summed E-state index contributed by atoms with van der Waals surface area (Å²) in [5.41, 5.74) is 0.265. The number of likely N-dealkylation sites (tertiary alicyclic amines) is 1. The van der Waals surface area contributed by atoms with Gasteiger partial charge in [-0.2, -0.15) is 8.42 Å². The summed E-state index contributed by atoms with van der Waals surface area (Å²) in [7, 11) is -4.47. The minimum atomic E-state index is -4.47. The Hall–Kier alpha value is -1.50. The van der Waals surface area contributed by atoms with Crippen LogP contribution >= 0.6 is 0 Å². The van der Waals surface area contributed by atoms with E-state index in [-0.39, 0.29) is 17.4 Å². The Kier molecular flexibility index (Phi) is 4.37. The Morgan fingerprint density at radius 3 is 2.50 bits per heavy atom. The third-order valence-electron chi connectivity index (χ3n) is 3.41. The minimum Gasteiger partial charge on any atom is -0.339 e. The van der Waals surface area contributed by atoms with Crippen LogP contribution in [-0.2, 0) is 10.2 Å². The van der Waals surface area contributed by atoms with Crippen LogP contribution in [0.3, 0.4) is 0 Å². The van der Waals surface area contributed by atoms with Gasteiger partial charge >= 0.3 is 10.2 Å². The van der Waals surface area contributed by atoms with Crippen LogP contribution in [0.4, 0.5) is 8.28 Å². The molecular weight excluding hydrogens is 288 g/mol. The maximum Gasteiger partial charge on any atom is 0.302 e. The lowest BCUT2D eigenvalue weighted by molar-refractivity contribution is 0.0697. The van der Waals surface area contributed by atoms with E-state index < -0.39 is 21.8 Å². The largest absolute Gasteiger partial charge is 0.339 e. The molecule has 0 spiro atoms. The summed E-state index contributed by atoms with van der Waals surface area (Å²) in [6.45, 7) is 0.713. The zero-order valence-corrected chi connectivity index (χ0v) is 11.6. The molecule has 1 amide bonds. The van der Waals surface area contributed by atoms with Gasteiger partial charge in [0.1, 0.15) is 5.82 Å². The summed E-state index contributed by atoms with van der Waals surface area (Å²) >= 11 is 0. The molecule has 1 aliphatic heterocycles. The molecule has 0 aliphatic carbocycles. The molecule has 0 aromatic heterocycles. The predicted molar refractivity (Wildman–Crippen MR) is 69.9 cm³/mol. The van der Waals surface area contributed by atoms with Gasteiger partial charge < -0.3 is 4.90 Å². The normalized spacial score (nSPS) is 17.2. The molecule has 7 heteroatoms. The van der Waals surface area contributed by atoms with Crippen LogP contribution in [0.25, 0.3) is 0 Å². The van der Waals surface area contributed by atoms with Gasteiger partial charge in [-0.1, -0.05) is 6.07 Å². The molecule has 1 aliphatic rings. The van der Waals surface area contributed by atoms with Crippen molar-refractivity contribution in [3.8, 4) is 0 Å². The van der Waals surface area contributed by atoms with Gasteiger partial charge in [0, 0.05) is 18.7 Å². The van der Waals surface area contributed by atoms with Gasteiger partial charge in [0.15, 0.2) is 0 Å². The number of benzene rings is 1. The molecule has 1 fully saturated rings. The zero-order chi connectivity index (χ0) is 14.8. The number of carbonyl (C=O) groups is 1. The molecule has 0 bridgehead atoms. The Morgan fingerprint density at radius 2 is 1.95 bits per heavy atom. The molecule has 20 heavy (non-hydrogen) atoms. The Bertz CT molecular complexity index is 595. The summed E-state index contributed by atoms with van der Waals surface area (Å²) in [6, 6.07) is 5.42. The van der Waals surface area contributed by atoms with E-state index in [0.29, 0.717) is 25.9 Å². The van der Waals surface area contributed by atoms with Crippen LogP contribution in [-0.4, -0.2) is 38.1 Å². The van der Waals surface area contributed by atoms with Gasteiger partial charge in [0.05, 0.1) is 5.75 Å². The van der Waals surface area contributed by atoms with Crippen LogP contribution < -0.4 is 0 Å². The van der Waals surface area contributed by atoms with Gasteiger partial charge in [-0.25, -0.2) is 4.39 Å². The van der Waals surface area contributed by atoms with Gasteiger partial charge in [-0.15, -0.1) is 3.89 Å². The Labute approximate surface area is 116 Å². The molecule has 0 saturated carbocycles. The van der Waals surface area contributed by atoms with Crippen LogP contribution in [0.5, 0.6) is 0 Å². The highest BCUT2D eigenvalue weighted by molar-refractivity contribution is 7.86. The van der Waals surface area contributed by atoms with Crippen molar-refractivity contribution in [3.05, 3.63) is 35.6 Å². The lowest BCUT2D eigenvalue weighted by Crippen LogP contribution is -2.39. The van der Waals surface area contributed by atoms with Gasteiger partial charge in [-0.3, -0.25) is 4.79 Å². The summed E-state index contributed by atoms with van der Waals surface area (Å²) in [5.74, 6) is -1.52. The first kappa shape index (κ1) is 14.9. The van der Waals surface area contributed by atoms with Crippen molar-refractivity contribution in [1.82, 2.24) is 4.90 Å². The number of hydrogen-bond donors (Lipinski definition) is 0. The first-order chi connectivity index (χ1) is 9.35. The third-order valence-corrected chi connectivity index (χ3v) is 4.28. The van der Waals surface area contributed by atoms with Crippen molar-refractivity contribution < 1.29 is 21.5 Å². The molecule has 110 valence electrons. The van der Waals surface area contributed by atoms with Crippen molar-refractivity contribution in [2.24, 2.45) is 5.92 Å². The van der Waals surface area contributed by atoms with E-state index in [2.05, 4.69) is 0 Å². The smallest absolute Gasteiger partial charge is 0.302 e. The van der Waals surface area contributed by atoms with Crippen LogP contribution in [0.15, 0.2) is 24.3 Å². The van der Waals surface area contributed by atoms with E-state index in [1.807, 2.05) is 0 Å². The van der Waals surface area contributed by atoms with E-state index in [4.69, 9.17) is 0 Å². The Balaban J connectivity index is 1.95. The van der Waals surface area contributed by atoms with E-state index >= 15 is 0 Å². The fourth-order valence-corrected chi connectivity index (χ4v) is 3.28. The molecule has 1 saturated heterocycles. The van der Waals surface area contributed by atoms with Gasteiger partial charge in [0.2, 0.25) is 0 Å². The van der Waals surface area contributed by atoms with E-state index in [1.165, 1.54) is 29.2 Å². The zero-order valence-electron chi connectivity index (χ0n) is 10.8. The summed E-state index contributed by atoms with van der Waals surface area (Å²) < 4.78 is 46.8. The molecule has 1 heterocycles. The molecule has 0 radical (unpaired) electrons. The minimum absolute atomic E-state index is 0.262. The standard InChI is InChI=1S/C13H15F2NO3S/c14-12-3-1-2-11(8-12)13(17)16-6-4-10(5-7-16)9-20(15,18)19/h1-3,8,10H,4-7,9H2. The van der Waals surface area contributed by atoms with E-state index in [0.717, 1.165) is 0 Å². The molecule has 1 aromatic rings. The number of halogens is 2. The molecule has 4 nitrogen and oxygen atoms in total. The first-order valence-electron chi connectivity index (χ1n) is 6.32. The lowest BCUT2D eigenvalue weighted by Gasteiger charge is -2.31. The predicted octanol–water partition coefficient (Wildman–Crippen LogP) is 1.98. The number of piperidine rings is 1. The number of rotatable bonds is 3. The fourth-order valence-electron chi connectivity index (χ4n) is 2.39. The fraction of sp³-hybridized carbons (Fsp3) is 0.462. The topological polar surface area (TPSA) is 54.5 Å². The second-order valence-corrected chi connectivity index (χ2v) is 6.36. The number of amides is 1. The molecule has 2 rings (SSSR count). The Morgan fingerprint density at radius 1 is 1.30 bits per heavy atom. The summed E-state index contributed by atoms with van der Waals surface area (Å²) in [5, 5.41) is 0. The maximum atomic E-state index is 13.1. The highest BCUT2D eigenvalue weighted by Crippen LogP contribution is 2.21. The SMILES string of the molecule is O=C(c1cccc(F)c1)N1CCC(CS(=O)(=O)F)CC1. The van der Waals surface area contributed by atoms with Gasteiger partial charge in [-0.05, 0) is 37.0 Å². The highest BCUT2D eigenvalue weighted by atomic mass is 32.3. The highest BCUT2D eigenvalue weighted by Gasteiger charge is 2.26. The second kappa shape index (κ2) is 5.87. The number of carbonyl (C=O) groups excluding carboxylic acids is 1. The molecule has 0 N–H and O–H groups in total. The summed E-state index contributed by atoms with van der Waals surface area (Å²) in [4.78, 5) is 13.6. The molecule has 0 atom stereocenters. The molecule has 0 unspecified atom stereocenters. The molecular formula is C13H15F2NO3S. The quantitative estimate of drug-likeness (QED) is 0.802. The van der Waals surface area contributed by atoms with Crippen LogP contribution in [0.1, 0.15) is 23.2 Å². The van der Waals surface area contributed by atoms with Crippen LogP contribution in [0.2, 0.25) is 0 Å². The number of hydrogen-bond acceptors (Lipinski definition) is 3. The summed E-state index contributed by atoms with van der Waals surface area (Å²) in [6.07, 6.45) is 0.869. The third kappa shape index (κ3) is 4.00. The van der Waals surface area contributed by atoms with Crippen molar-refractivity contribution >= 4 is 16.1 Å². The van der Waals surface area contributed by atoms with Crippen molar-refractivity contribution in [2.45, 2.75) is 12.8 Å². The van der Waals surface area contributed by atoms with Gasteiger partial charge in [0.25, 0.3) is 5.91 Å². The van der Waals surface area contributed by atoms with Crippen molar-refractivity contribution in [1.29, 1.82) is 0 Å². The van der Waals surface area contributed by atoms with Crippen molar-refractivity contribution in [3.63, 3.8) is 0 Å². The van der Waals surface area contributed by atoms with E-state index in [9.17, 15) is 21.5 Å². The van der Waals surface area contributed by atoms with E-state index in [1.54, 1.807) is 0 Å². The average Bonchev–Trinajstić information content (AvgIpc) is 2.37. The monoisotopic (exact) mass is 303 g/mol. The number of nitrogens with zero attached hydrogens (tertiary/aromatic N) is 1.